The zero-order valence-electron chi connectivity index (χ0n) is 15.0. The van der Waals surface area contributed by atoms with Crippen LogP contribution in [0.5, 0.6) is 5.75 Å². The van der Waals surface area contributed by atoms with Crippen LogP contribution in [0.15, 0.2) is 66.9 Å². The van der Waals surface area contributed by atoms with E-state index in [-0.39, 0.29) is 12.2 Å². The quantitative estimate of drug-likeness (QED) is 0.724. The molecule has 1 aromatic heterocycles. The number of aromatic amines is 1. The molecule has 1 aliphatic heterocycles. The SMILES string of the molecule is O=C(c1cn[nH]c1-c1ccccc1)N1CC(F)(F)C[C@H]1COc1ccccc1. The number of carbonyl (C=O) groups excluding carboxylic acids is 1. The van der Waals surface area contributed by atoms with E-state index in [4.69, 9.17) is 4.74 Å². The summed E-state index contributed by atoms with van der Waals surface area (Å²) in [5.41, 5.74) is 1.56. The van der Waals surface area contributed by atoms with Crippen LogP contribution in [-0.2, 0) is 0 Å². The van der Waals surface area contributed by atoms with Crippen molar-refractivity contribution in [3.63, 3.8) is 0 Å². The summed E-state index contributed by atoms with van der Waals surface area (Å²) in [6.45, 7) is -0.627. The van der Waals surface area contributed by atoms with Gasteiger partial charge in [-0.15, -0.1) is 0 Å². The van der Waals surface area contributed by atoms with E-state index in [0.29, 0.717) is 11.4 Å². The Bertz CT molecular complexity index is 945. The third-order valence-electron chi connectivity index (χ3n) is 4.76. The Kier molecular flexibility index (Phi) is 4.81. The summed E-state index contributed by atoms with van der Waals surface area (Å²) in [5.74, 6) is -2.85. The van der Waals surface area contributed by atoms with E-state index in [2.05, 4.69) is 10.2 Å². The Labute approximate surface area is 160 Å². The van der Waals surface area contributed by atoms with Crippen molar-refractivity contribution >= 4 is 5.91 Å². The molecule has 2 aromatic carbocycles. The van der Waals surface area contributed by atoms with Gasteiger partial charge < -0.3 is 9.64 Å². The summed E-state index contributed by atoms with van der Waals surface area (Å²) in [6, 6.07) is 17.4. The Hall–Kier alpha value is -3.22. The number of hydrogen-bond donors (Lipinski definition) is 1. The number of nitrogens with one attached hydrogen (secondary N) is 1. The van der Waals surface area contributed by atoms with Gasteiger partial charge in [-0.25, -0.2) is 8.78 Å². The molecule has 0 radical (unpaired) electrons. The van der Waals surface area contributed by atoms with Crippen LogP contribution in [0.4, 0.5) is 8.78 Å². The van der Waals surface area contributed by atoms with Gasteiger partial charge in [0.2, 0.25) is 0 Å². The summed E-state index contributed by atoms with van der Waals surface area (Å²) in [6.07, 6.45) is 0.959. The van der Waals surface area contributed by atoms with Crippen molar-refractivity contribution < 1.29 is 18.3 Å². The minimum Gasteiger partial charge on any atom is -0.491 e. The topological polar surface area (TPSA) is 58.2 Å². The second kappa shape index (κ2) is 7.42. The number of halogens is 2. The molecule has 144 valence electrons. The number of benzene rings is 2. The van der Waals surface area contributed by atoms with Gasteiger partial charge in [-0.1, -0.05) is 48.5 Å². The Morgan fingerprint density at radius 2 is 1.82 bits per heavy atom. The van der Waals surface area contributed by atoms with Gasteiger partial charge in [0.05, 0.1) is 30.0 Å². The van der Waals surface area contributed by atoms with Crippen molar-refractivity contribution in [3.05, 3.63) is 72.4 Å². The molecule has 1 aliphatic rings. The van der Waals surface area contributed by atoms with E-state index in [1.165, 1.54) is 11.1 Å². The maximum Gasteiger partial charge on any atom is 0.267 e. The third kappa shape index (κ3) is 3.74. The average molecular weight is 383 g/mol. The van der Waals surface area contributed by atoms with Crippen LogP contribution in [0.25, 0.3) is 11.3 Å². The lowest BCUT2D eigenvalue weighted by Crippen LogP contribution is -2.39. The molecule has 0 saturated carbocycles. The van der Waals surface area contributed by atoms with Crippen molar-refractivity contribution in [3.8, 4) is 17.0 Å². The predicted molar refractivity (Wildman–Crippen MR) is 100 cm³/mol. The van der Waals surface area contributed by atoms with Gasteiger partial charge in [0.15, 0.2) is 0 Å². The van der Waals surface area contributed by atoms with Crippen LogP contribution < -0.4 is 4.74 Å². The molecule has 5 nitrogen and oxygen atoms in total. The van der Waals surface area contributed by atoms with Crippen molar-refractivity contribution in [2.24, 2.45) is 0 Å². The predicted octanol–water partition coefficient (Wildman–Crippen LogP) is 4.01. The number of alkyl halides is 2. The van der Waals surface area contributed by atoms with Crippen LogP contribution in [0.2, 0.25) is 0 Å². The molecule has 1 N–H and O–H groups in total. The van der Waals surface area contributed by atoms with Crippen LogP contribution in [-0.4, -0.2) is 46.1 Å². The number of likely N-dealkylation sites (tertiary alicyclic amines) is 1. The van der Waals surface area contributed by atoms with Gasteiger partial charge in [-0.2, -0.15) is 5.10 Å². The fourth-order valence-electron chi connectivity index (χ4n) is 3.42. The lowest BCUT2D eigenvalue weighted by Gasteiger charge is -2.24. The van der Waals surface area contributed by atoms with Crippen LogP contribution in [0.3, 0.4) is 0 Å². The first-order valence-electron chi connectivity index (χ1n) is 8.99. The van der Waals surface area contributed by atoms with Crippen LogP contribution >= 0.6 is 0 Å². The molecule has 1 fully saturated rings. The first kappa shape index (κ1) is 18.2. The van der Waals surface area contributed by atoms with E-state index in [1.807, 2.05) is 36.4 Å². The molecular weight excluding hydrogens is 364 g/mol. The molecule has 28 heavy (non-hydrogen) atoms. The minimum atomic E-state index is -2.95. The first-order valence-corrected chi connectivity index (χ1v) is 8.99. The second-order valence-corrected chi connectivity index (χ2v) is 6.80. The number of rotatable bonds is 5. The van der Waals surface area contributed by atoms with Gasteiger partial charge in [0, 0.05) is 12.0 Å². The van der Waals surface area contributed by atoms with Crippen LogP contribution in [0, 0.1) is 0 Å². The largest absolute Gasteiger partial charge is 0.491 e. The number of amides is 1. The van der Waals surface area contributed by atoms with E-state index in [9.17, 15) is 13.6 Å². The van der Waals surface area contributed by atoms with Gasteiger partial charge in [0.25, 0.3) is 11.8 Å². The van der Waals surface area contributed by atoms with Crippen molar-refractivity contribution in [2.45, 2.75) is 18.4 Å². The van der Waals surface area contributed by atoms with Crippen LogP contribution in [0.1, 0.15) is 16.8 Å². The van der Waals surface area contributed by atoms with E-state index >= 15 is 0 Å². The summed E-state index contributed by atoms with van der Waals surface area (Å²) < 4.78 is 33.9. The van der Waals surface area contributed by atoms with Gasteiger partial charge >= 0.3 is 0 Å². The molecule has 1 saturated heterocycles. The second-order valence-electron chi connectivity index (χ2n) is 6.80. The first-order chi connectivity index (χ1) is 13.5. The van der Waals surface area contributed by atoms with Crippen molar-refractivity contribution in [2.75, 3.05) is 13.2 Å². The van der Waals surface area contributed by atoms with Gasteiger partial charge in [0.1, 0.15) is 12.4 Å². The highest BCUT2D eigenvalue weighted by atomic mass is 19.3. The highest BCUT2D eigenvalue weighted by Crippen LogP contribution is 2.34. The fourth-order valence-corrected chi connectivity index (χ4v) is 3.42. The molecule has 4 rings (SSSR count). The number of ether oxygens (including phenoxy) is 1. The number of nitrogens with zero attached hydrogens (tertiary/aromatic N) is 2. The lowest BCUT2D eigenvalue weighted by molar-refractivity contribution is 0.0116. The maximum atomic E-state index is 14.1. The lowest BCUT2D eigenvalue weighted by atomic mass is 10.1. The Morgan fingerprint density at radius 3 is 2.54 bits per heavy atom. The average Bonchev–Trinajstić information content (AvgIpc) is 3.31. The number of H-pyrrole nitrogens is 1. The minimum absolute atomic E-state index is 0.00383. The number of aromatic nitrogens is 2. The van der Waals surface area contributed by atoms with E-state index in [1.54, 1.807) is 24.3 Å². The molecule has 0 spiro atoms. The summed E-state index contributed by atoms with van der Waals surface area (Å²) in [4.78, 5) is 14.3. The monoisotopic (exact) mass is 383 g/mol. The normalized spacial score (nSPS) is 18.2. The summed E-state index contributed by atoms with van der Waals surface area (Å²) in [5, 5.41) is 6.76. The molecule has 1 amide bonds. The molecule has 0 aliphatic carbocycles. The smallest absolute Gasteiger partial charge is 0.267 e. The number of hydrogen-bond acceptors (Lipinski definition) is 3. The fraction of sp³-hybridized carbons (Fsp3) is 0.238. The Morgan fingerprint density at radius 1 is 1.14 bits per heavy atom. The Balaban J connectivity index is 1.56. The molecule has 0 unspecified atom stereocenters. The standard InChI is InChI=1S/C21H19F2N3O2/c22-21(23)11-16(13-28-17-9-5-2-6-10-17)26(14-21)20(27)18-12-24-25-19(18)15-7-3-1-4-8-15/h1-10,12,16H,11,13-14H2,(H,24,25)/t16-/m0/s1. The van der Waals surface area contributed by atoms with Gasteiger partial charge in [-0.05, 0) is 12.1 Å². The molecule has 7 heteroatoms. The van der Waals surface area contributed by atoms with Crippen molar-refractivity contribution in [1.29, 1.82) is 0 Å². The zero-order valence-corrected chi connectivity index (χ0v) is 15.0. The molecule has 1 atom stereocenters. The van der Waals surface area contributed by atoms with Crippen molar-refractivity contribution in [1.82, 2.24) is 15.1 Å². The van der Waals surface area contributed by atoms with Gasteiger partial charge in [-0.3, -0.25) is 9.89 Å². The molecule has 3 aromatic rings. The molecular formula is C21H19F2N3O2. The maximum absolute atomic E-state index is 14.1. The molecule has 2 heterocycles. The van der Waals surface area contributed by atoms with E-state index in [0.717, 1.165) is 5.56 Å². The number of carbonyl (C=O) groups is 1. The third-order valence-corrected chi connectivity index (χ3v) is 4.76. The highest BCUT2D eigenvalue weighted by molar-refractivity contribution is 6.00. The highest BCUT2D eigenvalue weighted by Gasteiger charge is 2.47. The molecule has 0 bridgehead atoms. The number of para-hydroxylation sites is 1. The zero-order chi connectivity index (χ0) is 19.6. The van der Waals surface area contributed by atoms with E-state index < -0.39 is 30.8 Å². The summed E-state index contributed by atoms with van der Waals surface area (Å²) >= 11 is 0. The summed E-state index contributed by atoms with van der Waals surface area (Å²) in [7, 11) is 0.